The normalized spacial score (nSPS) is 32.9. The second-order valence-corrected chi connectivity index (χ2v) is 21.1. The predicted molar refractivity (Wildman–Crippen MR) is 209 cm³/mol. The first kappa shape index (κ1) is 41.4. The lowest BCUT2D eigenvalue weighted by Gasteiger charge is -2.36. The summed E-state index contributed by atoms with van der Waals surface area (Å²) in [7, 11) is -2.70. The Bertz CT molecular complexity index is 2150. The zero-order chi connectivity index (χ0) is 42.2. The number of aromatic nitrogens is 2. The van der Waals surface area contributed by atoms with E-state index in [2.05, 4.69) is 10.6 Å². The van der Waals surface area contributed by atoms with Crippen LogP contribution in [0.1, 0.15) is 97.6 Å². The maximum atomic E-state index is 14.8. The first-order valence-electron chi connectivity index (χ1n) is 20.8. The molecule has 5 fully saturated rings. The van der Waals surface area contributed by atoms with Crippen molar-refractivity contribution in [3.8, 4) is 11.6 Å². The van der Waals surface area contributed by atoms with Gasteiger partial charge >= 0.3 is 6.09 Å². The summed E-state index contributed by atoms with van der Waals surface area (Å²) in [4.78, 5) is 67.5. The first-order chi connectivity index (χ1) is 27.8. The molecule has 4 aliphatic carbocycles. The van der Waals surface area contributed by atoms with Gasteiger partial charge in [-0.15, -0.1) is 0 Å². The highest BCUT2D eigenvalue weighted by atomic mass is 32.2. The summed E-state index contributed by atoms with van der Waals surface area (Å²) in [5.74, 6) is -2.74. The van der Waals surface area contributed by atoms with Crippen molar-refractivity contribution in [2.45, 2.75) is 139 Å². The Hall–Kier alpha value is -4.35. The number of carbonyl (C=O) groups excluding carboxylic acids is 4. The zero-order valence-electron chi connectivity index (χ0n) is 34.1. The highest BCUT2D eigenvalue weighted by Gasteiger charge is 2.67. The lowest BCUT2D eigenvalue weighted by atomic mass is 9.85. The summed E-state index contributed by atoms with van der Waals surface area (Å²) >= 11 is 0. The van der Waals surface area contributed by atoms with Crippen LogP contribution in [-0.4, -0.2) is 102 Å². The van der Waals surface area contributed by atoms with Crippen LogP contribution in [0.3, 0.4) is 0 Å². The Kier molecular flexibility index (Phi) is 10.5. The van der Waals surface area contributed by atoms with E-state index in [0.29, 0.717) is 47.7 Å². The molecule has 1 saturated heterocycles. The Balaban J connectivity index is 1.13. The predicted octanol–water partition coefficient (Wildman–Crippen LogP) is 4.41. The number of sulfonamides is 1. The third kappa shape index (κ3) is 8.01. The molecule has 8 rings (SSSR count). The number of ether oxygens (including phenoxy) is 3. The van der Waals surface area contributed by atoms with Crippen molar-refractivity contribution >= 4 is 44.9 Å². The van der Waals surface area contributed by atoms with Crippen molar-refractivity contribution in [2.75, 3.05) is 13.7 Å². The number of aryl methyl sites for hydroxylation is 1. The number of benzene rings is 1. The molecule has 3 heterocycles. The second-order valence-electron chi connectivity index (χ2n) is 18.9. The Morgan fingerprint density at radius 2 is 1.80 bits per heavy atom. The quantitative estimate of drug-likeness (QED) is 0.358. The van der Waals surface area contributed by atoms with Crippen molar-refractivity contribution in [3.05, 3.63) is 23.9 Å². The average Bonchev–Trinajstić information content (AvgIpc) is 4.13. The SMILES string of the molecule is COc1ccc2nc3c(nc2c1)O[C@@H]1C[C@@H](C(=O)N[C@]2(C(=O)NS(=O)(=O)C4(C)CC4)C[C@H]2C(F)F)N(C1)C(=O)[C@H](C(C)(C)C)NC(=O)O[C@H]1[C@H](CCCCC3)CC2C[C@H]21. The summed E-state index contributed by atoms with van der Waals surface area (Å²) < 4.78 is 73.4. The Labute approximate surface area is 342 Å². The minimum Gasteiger partial charge on any atom is -0.497 e. The van der Waals surface area contributed by atoms with Crippen LogP contribution in [0.2, 0.25) is 0 Å². The molecule has 2 aliphatic heterocycles. The molecule has 1 unspecified atom stereocenters. The second kappa shape index (κ2) is 15.0. The number of nitrogens with zero attached hydrogens (tertiary/aromatic N) is 3. The maximum Gasteiger partial charge on any atom is 0.408 e. The van der Waals surface area contributed by atoms with Gasteiger partial charge in [0.1, 0.15) is 41.3 Å². The van der Waals surface area contributed by atoms with E-state index in [0.717, 1.165) is 38.5 Å². The number of alkyl halides is 2. The third-order valence-electron chi connectivity index (χ3n) is 13.5. The van der Waals surface area contributed by atoms with Crippen molar-refractivity contribution in [2.24, 2.45) is 29.1 Å². The van der Waals surface area contributed by atoms with E-state index in [1.807, 2.05) is 10.8 Å². The molecule has 2 aromatic rings. The molecule has 6 aliphatic rings. The van der Waals surface area contributed by atoms with Crippen LogP contribution in [0.4, 0.5) is 13.6 Å². The van der Waals surface area contributed by atoms with Gasteiger partial charge in [0.15, 0.2) is 0 Å². The molecular weight excluding hydrogens is 791 g/mol. The fraction of sp³-hybridized carbons (Fsp3) is 0.707. The standard InChI is InChI=1S/C41H54F2N6O9S/c1-39(2,3)32-36(51)49-20-24(18-30(49)34(50)47-41(19-26(41)33(42)43)37(52)48-59(54,55)40(4)13-14-40)57-35-28(44-27-12-11-23(56-5)17-29(27)45-35)10-8-6-7-9-21-15-22-16-25(22)31(21)58-38(53)46-32/h11-12,17,21-22,24-26,30-33H,6-10,13-16,18-20H2,1-5H3,(H,46,53)(H,47,50)(H,48,52)/t21-,22?,24-,25-,26+,30+,31+,32-,41-/m1/s1. The molecule has 4 saturated carbocycles. The topological polar surface area (TPSA) is 195 Å². The lowest BCUT2D eigenvalue weighted by Crippen LogP contribution is -2.60. The molecule has 0 spiro atoms. The highest BCUT2D eigenvalue weighted by molar-refractivity contribution is 7.91. The Morgan fingerprint density at radius 1 is 1.03 bits per heavy atom. The van der Waals surface area contributed by atoms with E-state index in [4.69, 9.17) is 24.2 Å². The smallest absolute Gasteiger partial charge is 0.408 e. The molecule has 3 N–H and O–H groups in total. The molecule has 2 bridgehead atoms. The number of amides is 4. The summed E-state index contributed by atoms with van der Waals surface area (Å²) in [5, 5.41) is 5.28. The molecule has 1 aromatic carbocycles. The largest absolute Gasteiger partial charge is 0.497 e. The van der Waals surface area contributed by atoms with Gasteiger partial charge in [0.2, 0.25) is 34.1 Å². The highest BCUT2D eigenvalue weighted by Crippen LogP contribution is 2.57. The van der Waals surface area contributed by atoms with Gasteiger partial charge < -0.3 is 29.7 Å². The minimum absolute atomic E-state index is 0.142. The maximum absolute atomic E-state index is 14.8. The van der Waals surface area contributed by atoms with E-state index in [1.54, 1.807) is 32.9 Å². The van der Waals surface area contributed by atoms with E-state index < -0.39 is 86.5 Å². The molecule has 59 heavy (non-hydrogen) atoms. The summed E-state index contributed by atoms with van der Waals surface area (Å²) in [6.07, 6.45) is 0.997. The number of fused-ring (bicyclic) bond motifs is 7. The van der Waals surface area contributed by atoms with Gasteiger partial charge in [-0.2, -0.15) is 0 Å². The van der Waals surface area contributed by atoms with E-state index in [1.165, 1.54) is 18.9 Å². The van der Waals surface area contributed by atoms with Crippen molar-refractivity contribution < 1.29 is 50.6 Å². The number of nitrogens with one attached hydrogen (secondary N) is 3. The number of halogens is 2. The van der Waals surface area contributed by atoms with Gasteiger partial charge in [0, 0.05) is 12.5 Å². The van der Waals surface area contributed by atoms with Crippen molar-refractivity contribution in [1.29, 1.82) is 0 Å². The van der Waals surface area contributed by atoms with Gasteiger partial charge in [0.25, 0.3) is 5.91 Å². The van der Waals surface area contributed by atoms with E-state index in [-0.39, 0.29) is 36.8 Å². The number of hydrogen-bond donors (Lipinski definition) is 3. The molecular formula is C41H54F2N6O9S. The monoisotopic (exact) mass is 844 g/mol. The lowest BCUT2D eigenvalue weighted by molar-refractivity contribution is -0.143. The van der Waals surface area contributed by atoms with Gasteiger partial charge in [-0.3, -0.25) is 19.1 Å². The fourth-order valence-electron chi connectivity index (χ4n) is 9.36. The van der Waals surface area contributed by atoms with Crippen LogP contribution in [0.25, 0.3) is 11.0 Å². The van der Waals surface area contributed by atoms with Gasteiger partial charge in [-0.25, -0.2) is 32.0 Å². The summed E-state index contributed by atoms with van der Waals surface area (Å²) in [5.41, 5.74) is -1.40. The van der Waals surface area contributed by atoms with Crippen LogP contribution >= 0.6 is 0 Å². The van der Waals surface area contributed by atoms with Gasteiger partial charge in [0.05, 0.1) is 35.4 Å². The van der Waals surface area contributed by atoms with Crippen molar-refractivity contribution in [1.82, 2.24) is 30.2 Å². The number of alkyl carbamates (subject to hydrolysis) is 1. The van der Waals surface area contributed by atoms with Crippen LogP contribution in [0, 0.1) is 29.1 Å². The van der Waals surface area contributed by atoms with Crippen LogP contribution < -0.4 is 24.8 Å². The average molecular weight is 845 g/mol. The fourth-order valence-corrected chi connectivity index (χ4v) is 10.7. The summed E-state index contributed by atoms with van der Waals surface area (Å²) in [6, 6.07) is 2.75. The number of methoxy groups -OCH3 is 1. The molecule has 4 amide bonds. The zero-order valence-corrected chi connectivity index (χ0v) is 34.9. The molecule has 9 atom stereocenters. The van der Waals surface area contributed by atoms with Crippen molar-refractivity contribution in [3.63, 3.8) is 0 Å². The molecule has 0 radical (unpaired) electrons. The van der Waals surface area contributed by atoms with Gasteiger partial charge in [-0.05, 0) is 93.6 Å². The van der Waals surface area contributed by atoms with Crippen LogP contribution in [-0.2, 0) is 35.6 Å². The number of carbonyl (C=O) groups is 4. The van der Waals surface area contributed by atoms with E-state index >= 15 is 0 Å². The first-order valence-corrected chi connectivity index (χ1v) is 22.3. The number of hydrogen-bond acceptors (Lipinski definition) is 11. The third-order valence-corrected chi connectivity index (χ3v) is 15.7. The minimum atomic E-state index is -4.23. The molecule has 1 aromatic heterocycles. The van der Waals surface area contributed by atoms with E-state index in [9.17, 15) is 36.4 Å². The Morgan fingerprint density at radius 3 is 2.47 bits per heavy atom. The van der Waals surface area contributed by atoms with Gasteiger partial charge in [-0.1, -0.05) is 33.6 Å². The molecule has 15 nitrogen and oxygen atoms in total. The van der Waals surface area contributed by atoms with Crippen LogP contribution in [0.5, 0.6) is 11.6 Å². The molecule has 322 valence electrons. The molecule has 18 heteroatoms. The number of rotatable bonds is 7. The summed E-state index contributed by atoms with van der Waals surface area (Å²) in [6.45, 7) is 6.57. The van der Waals surface area contributed by atoms with Crippen LogP contribution in [0.15, 0.2) is 18.2 Å².